The van der Waals surface area contributed by atoms with Gasteiger partial charge in [-0.25, -0.2) is 0 Å². The van der Waals surface area contributed by atoms with Gasteiger partial charge in [0, 0.05) is 30.8 Å². The summed E-state index contributed by atoms with van der Waals surface area (Å²) in [6, 6.07) is 18.3. The van der Waals surface area contributed by atoms with Crippen molar-refractivity contribution in [1.29, 1.82) is 0 Å². The molecule has 8 heteroatoms. The average molecular weight is 462 g/mol. The van der Waals surface area contributed by atoms with E-state index in [9.17, 15) is 14.4 Å². The van der Waals surface area contributed by atoms with Crippen LogP contribution >= 0.6 is 0 Å². The van der Waals surface area contributed by atoms with E-state index in [1.807, 2.05) is 36.4 Å². The number of anilines is 1. The molecule has 34 heavy (non-hydrogen) atoms. The van der Waals surface area contributed by atoms with Crippen molar-refractivity contribution in [3.63, 3.8) is 0 Å². The molecule has 0 bridgehead atoms. The van der Waals surface area contributed by atoms with E-state index in [0.29, 0.717) is 38.3 Å². The molecular formula is C26H27N3O5. The number of carbonyl (C=O) groups is 3. The minimum Gasteiger partial charge on any atom is -0.467 e. The lowest BCUT2D eigenvalue weighted by Crippen LogP contribution is -2.36. The molecule has 1 saturated heterocycles. The fraction of sp³-hybridized carbons (Fsp3) is 0.269. The summed E-state index contributed by atoms with van der Waals surface area (Å²) in [5.74, 6) is 0.237. The normalized spacial score (nSPS) is 13.2. The first-order valence-electron chi connectivity index (χ1n) is 11.2. The Balaban J connectivity index is 1.19. The van der Waals surface area contributed by atoms with Crippen LogP contribution in [0.5, 0.6) is 0 Å². The zero-order chi connectivity index (χ0) is 23.8. The number of nitrogens with one attached hydrogen (secondary N) is 2. The molecular weight excluding hydrogens is 434 g/mol. The van der Waals surface area contributed by atoms with Crippen LogP contribution in [-0.2, 0) is 34.1 Å². The average Bonchev–Trinajstić information content (AvgIpc) is 3.53. The van der Waals surface area contributed by atoms with Gasteiger partial charge in [-0.2, -0.15) is 0 Å². The standard InChI is InChI=1S/C26H27N3O5/c30-24(16-28-26(32)21-8-10-22(11-9-21)29-12-2-7-25(29)31)27-15-19-4-1-5-20(14-19)17-33-18-23-6-3-13-34-23/h1,3-6,8-11,13-14H,2,7,12,15-18H2,(H,27,30)(H,28,32). The van der Waals surface area contributed by atoms with E-state index in [2.05, 4.69) is 10.6 Å². The third-order valence-corrected chi connectivity index (χ3v) is 5.50. The van der Waals surface area contributed by atoms with Gasteiger partial charge in [-0.15, -0.1) is 0 Å². The maximum atomic E-state index is 12.4. The Bertz CT molecular complexity index is 1130. The van der Waals surface area contributed by atoms with Crippen LogP contribution in [0.4, 0.5) is 5.69 Å². The van der Waals surface area contributed by atoms with E-state index >= 15 is 0 Å². The monoisotopic (exact) mass is 461 g/mol. The van der Waals surface area contributed by atoms with E-state index in [-0.39, 0.29) is 24.3 Å². The van der Waals surface area contributed by atoms with Crippen molar-refractivity contribution in [3.05, 3.63) is 89.4 Å². The van der Waals surface area contributed by atoms with E-state index in [1.54, 1.807) is 35.4 Å². The zero-order valence-corrected chi connectivity index (χ0v) is 18.8. The Morgan fingerprint density at radius 1 is 0.971 bits per heavy atom. The van der Waals surface area contributed by atoms with Crippen LogP contribution < -0.4 is 15.5 Å². The minimum absolute atomic E-state index is 0.0980. The number of rotatable bonds is 10. The highest BCUT2D eigenvalue weighted by Gasteiger charge is 2.21. The molecule has 2 heterocycles. The fourth-order valence-electron chi connectivity index (χ4n) is 3.73. The first-order chi connectivity index (χ1) is 16.6. The van der Waals surface area contributed by atoms with Crippen molar-refractivity contribution < 1.29 is 23.5 Å². The lowest BCUT2D eigenvalue weighted by molar-refractivity contribution is -0.120. The predicted molar refractivity (Wildman–Crippen MR) is 126 cm³/mol. The van der Waals surface area contributed by atoms with E-state index in [4.69, 9.17) is 9.15 Å². The Kier molecular flexibility index (Phi) is 7.72. The Morgan fingerprint density at radius 3 is 2.53 bits per heavy atom. The second kappa shape index (κ2) is 11.3. The molecule has 3 amide bonds. The molecule has 8 nitrogen and oxygen atoms in total. The van der Waals surface area contributed by atoms with Crippen LogP contribution in [0.1, 0.15) is 40.1 Å². The smallest absolute Gasteiger partial charge is 0.251 e. The van der Waals surface area contributed by atoms with Crippen LogP contribution in [0.3, 0.4) is 0 Å². The lowest BCUT2D eigenvalue weighted by Gasteiger charge is -2.15. The second-order valence-electron chi connectivity index (χ2n) is 8.05. The maximum absolute atomic E-state index is 12.4. The maximum Gasteiger partial charge on any atom is 0.251 e. The van der Waals surface area contributed by atoms with Crippen LogP contribution in [0.25, 0.3) is 0 Å². The van der Waals surface area contributed by atoms with Crippen molar-refractivity contribution in [3.8, 4) is 0 Å². The summed E-state index contributed by atoms with van der Waals surface area (Å²) in [5, 5.41) is 5.43. The van der Waals surface area contributed by atoms with Crippen molar-refractivity contribution in [1.82, 2.24) is 10.6 Å². The third-order valence-electron chi connectivity index (χ3n) is 5.50. The van der Waals surface area contributed by atoms with Gasteiger partial charge in [0.2, 0.25) is 11.8 Å². The molecule has 2 N–H and O–H groups in total. The summed E-state index contributed by atoms with van der Waals surface area (Å²) in [5.41, 5.74) is 3.15. The molecule has 0 radical (unpaired) electrons. The van der Waals surface area contributed by atoms with Crippen LogP contribution in [-0.4, -0.2) is 30.8 Å². The van der Waals surface area contributed by atoms with Gasteiger partial charge < -0.3 is 24.7 Å². The summed E-state index contributed by atoms with van der Waals surface area (Å²) in [4.78, 5) is 38.1. The molecule has 176 valence electrons. The van der Waals surface area contributed by atoms with Gasteiger partial charge in [0.15, 0.2) is 0 Å². The highest BCUT2D eigenvalue weighted by molar-refractivity contribution is 5.98. The lowest BCUT2D eigenvalue weighted by atomic mass is 10.1. The second-order valence-corrected chi connectivity index (χ2v) is 8.05. The number of amides is 3. The first-order valence-corrected chi connectivity index (χ1v) is 11.2. The molecule has 1 fully saturated rings. The van der Waals surface area contributed by atoms with Gasteiger partial charge >= 0.3 is 0 Å². The molecule has 0 spiro atoms. The Morgan fingerprint density at radius 2 is 1.79 bits per heavy atom. The molecule has 1 aliphatic rings. The van der Waals surface area contributed by atoms with Crippen molar-refractivity contribution in [2.45, 2.75) is 32.6 Å². The third kappa shape index (κ3) is 6.32. The van der Waals surface area contributed by atoms with E-state index in [0.717, 1.165) is 29.0 Å². The minimum atomic E-state index is -0.342. The van der Waals surface area contributed by atoms with Gasteiger partial charge in [-0.05, 0) is 53.9 Å². The SMILES string of the molecule is O=C(CNC(=O)c1ccc(N2CCCC2=O)cc1)NCc1cccc(COCc2ccco2)c1. The summed E-state index contributed by atoms with van der Waals surface area (Å²) in [6.07, 6.45) is 3.01. The van der Waals surface area contributed by atoms with Gasteiger partial charge in [0.25, 0.3) is 5.91 Å². The van der Waals surface area contributed by atoms with Crippen molar-refractivity contribution in [2.75, 3.05) is 18.0 Å². The van der Waals surface area contributed by atoms with E-state index in [1.165, 1.54) is 0 Å². The number of carbonyl (C=O) groups excluding carboxylic acids is 3. The molecule has 2 aromatic carbocycles. The molecule has 0 unspecified atom stereocenters. The van der Waals surface area contributed by atoms with Crippen LogP contribution in [0.15, 0.2) is 71.3 Å². The summed E-state index contributed by atoms with van der Waals surface area (Å²) in [7, 11) is 0. The van der Waals surface area contributed by atoms with Crippen molar-refractivity contribution in [2.24, 2.45) is 0 Å². The van der Waals surface area contributed by atoms with Gasteiger partial charge in [-0.3, -0.25) is 14.4 Å². The number of hydrogen-bond acceptors (Lipinski definition) is 5. The number of benzene rings is 2. The van der Waals surface area contributed by atoms with Crippen LogP contribution in [0.2, 0.25) is 0 Å². The van der Waals surface area contributed by atoms with Gasteiger partial charge in [0.05, 0.1) is 19.4 Å². The van der Waals surface area contributed by atoms with Crippen LogP contribution in [0, 0.1) is 0 Å². The van der Waals surface area contributed by atoms with Gasteiger partial charge in [0.1, 0.15) is 12.4 Å². The fourth-order valence-corrected chi connectivity index (χ4v) is 3.73. The quantitative estimate of drug-likeness (QED) is 0.483. The molecule has 0 atom stereocenters. The number of furan rings is 1. The first kappa shape index (κ1) is 23.3. The number of ether oxygens (including phenoxy) is 1. The Hall–Kier alpha value is -3.91. The Labute approximate surface area is 197 Å². The topological polar surface area (TPSA) is 101 Å². The molecule has 1 aliphatic heterocycles. The zero-order valence-electron chi connectivity index (χ0n) is 18.8. The molecule has 0 aliphatic carbocycles. The number of nitrogens with zero attached hydrogens (tertiary/aromatic N) is 1. The highest BCUT2D eigenvalue weighted by Crippen LogP contribution is 2.21. The molecule has 1 aromatic heterocycles. The predicted octanol–water partition coefficient (Wildman–Crippen LogP) is 3.17. The van der Waals surface area contributed by atoms with Gasteiger partial charge in [-0.1, -0.05) is 24.3 Å². The molecule has 4 rings (SSSR count). The largest absolute Gasteiger partial charge is 0.467 e. The molecule has 0 saturated carbocycles. The summed E-state index contributed by atoms with van der Waals surface area (Å²) in [6.45, 7) is 1.75. The summed E-state index contributed by atoms with van der Waals surface area (Å²) < 4.78 is 10.9. The summed E-state index contributed by atoms with van der Waals surface area (Å²) >= 11 is 0. The highest BCUT2D eigenvalue weighted by atomic mass is 16.5. The molecule has 3 aromatic rings. The number of hydrogen-bond donors (Lipinski definition) is 2. The van der Waals surface area contributed by atoms with Crippen molar-refractivity contribution >= 4 is 23.4 Å². The van der Waals surface area contributed by atoms with E-state index < -0.39 is 0 Å².